The lowest BCUT2D eigenvalue weighted by molar-refractivity contribution is -0.117. The molecule has 0 saturated carbocycles. The quantitative estimate of drug-likeness (QED) is 0.889. The van der Waals surface area contributed by atoms with Crippen molar-refractivity contribution in [1.29, 1.82) is 0 Å². The fraction of sp³-hybridized carbons (Fsp3) is 0.333. The number of nitrogens with two attached hydrogens (primary N) is 1. The van der Waals surface area contributed by atoms with E-state index in [4.69, 9.17) is 10.2 Å². The molecule has 0 saturated heterocycles. The van der Waals surface area contributed by atoms with Gasteiger partial charge in [0.1, 0.15) is 11.6 Å². The van der Waals surface area contributed by atoms with Crippen LogP contribution in [0.25, 0.3) is 11.3 Å². The molecule has 0 aliphatic heterocycles. The number of nitrogens with zero attached hydrogens (tertiary/aromatic N) is 1. The zero-order valence-corrected chi connectivity index (χ0v) is 12.3. The number of nitrogens with one attached hydrogen (secondary N) is 1. The minimum Gasteiger partial charge on any atom is -0.443 e. The Morgan fingerprint density at radius 3 is 2.68 bits per heavy atom. The van der Waals surface area contributed by atoms with Crippen molar-refractivity contribution in [1.82, 2.24) is 4.98 Å². The van der Waals surface area contributed by atoms with Gasteiger partial charge in [0.15, 0.2) is 12.2 Å². The molecule has 1 aromatic heterocycles. The lowest BCUT2D eigenvalue weighted by atomic mass is 10.0. The van der Waals surface area contributed by atoms with E-state index in [9.17, 15) is 13.6 Å². The van der Waals surface area contributed by atoms with Gasteiger partial charge in [-0.3, -0.25) is 4.79 Å². The van der Waals surface area contributed by atoms with Crippen LogP contribution in [0.1, 0.15) is 20.3 Å². The van der Waals surface area contributed by atoms with Gasteiger partial charge in [-0.15, -0.1) is 0 Å². The van der Waals surface area contributed by atoms with E-state index in [2.05, 4.69) is 10.3 Å². The van der Waals surface area contributed by atoms with Crippen LogP contribution < -0.4 is 11.1 Å². The average molecular weight is 309 g/mol. The fourth-order valence-corrected chi connectivity index (χ4v) is 2.02. The highest BCUT2D eigenvalue weighted by Gasteiger charge is 2.19. The minimum absolute atomic E-state index is 0.0699. The van der Waals surface area contributed by atoms with Gasteiger partial charge in [0.05, 0.1) is 23.5 Å². The van der Waals surface area contributed by atoms with Crippen LogP contribution in [0, 0.1) is 17.6 Å². The monoisotopic (exact) mass is 309 g/mol. The molecule has 0 spiro atoms. The second-order valence-electron chi connectivity index (χ2n) is 5.40. The van der Waals surface area contributed by atoms with Gasteiger partial charge in [0, 0.05) is 6.07 Å². The number of rotatable bonds is 5. The van der Waals surface area contributed by atoms with Crippen LogP contribution in [0.15, 0.2) is 29.1 Å². The summed E-state index contributed by atoms with van der Waals surface area (Å²) in [6, 6.07) is 1.06. The van der Waals surface area contributed by atoms with Crippen LogP contribution in [0.3, 0.4) is 0 Å². The molecule has 2 aromatic rings. The summed E-state index contributed by atoms with van der Waals surface area (Å²) >= 11 is 0. The molecular formula is C15H17F2N3O2. The van der Waals surface area contributed by atoms with Crippen LogP contribution in [-0.2, 0) is 4.79 Å². The molecule has 1 atom stereocenters. The molecule has 0 bridgehead atoms. The van der Waals surface area contributed by atoms with Gasteiger partial charge < -0.3 is 15.5 Å². The van der Waals surface area contributed by atoms with Crippen molar-refractivity contribution in [3.05, 3.63) is 36.4 Å². The highest BCUT2D eigenvalue weighted by molar-refractivity contribution is 5.95. The Morgan fingerprint density at radius 2 is 2.09 bits per heavy atom. The number of halogens is 2. The molecule has 1 heterocycles. The molecule has 0 aliphatic rings. The first-order valence-electron chi connectivity index (χ1n) is 6.82. The van der Waals surface area contributed by atoms with Crippen molar-refractivity contribution in [2.75, 3.05) is 5.32 Å². The fourth-order valence-electron chi connectivity index (χ4n) is 2.02. The maximum Gasteiger partial charge on any atom is 0.241 e. The molecule has 2 rings (SSSR count). The standard InChI is InChI=1S/C15H17F2N3O2/c1-8(2)3-12(18)15(21)20-13-5-10(16)9(4-11(13)17)14-6-19-7-22-14/h4-8,12H,3,18H2,1-2H3,(H,20,21)/t12-/m1/s1. The topological polar surface area (TPSA) is 81.2 Å². The molecule has 7 heteroatoms. The summed E-state index contributed by atoms with van der Waals surface area (Å²) in [6.45, 7) is 3.83. The molecule has 22 heavy (non-hydrogen) atoms. The summed E-state index contributed by atoms with van der Waals surface area (Å²) in [5, 5.41) is 2.30. The summed E-state index contributed by atoms with van der Waals surface area (Å²) in [4.78, 5) is 15.5. The van der Waals surface area contributed by atoms with E-state index in [-0.39, 0.29) is 22.9 Å². The number of anilines is 1. The number of oxazole rings is 1. The highest BCUT2D eigenvalue weighted by Crippen LogP contribution is 2.27. The molecule has 118 valence electrons. The van der Waals surface area contributed by atoms with Gasteiger partial charge >= 0.3 is 0 Å². The number of benzene rings is 1. The summed E-state index contributed by atoms with van der Waals surface area (Å²) in [5.41, 5.74) is 5.38. The Bertz CT molecular complexity index is 657. The zero-order valence-electron chi connectivity index (χ0n) is 12.3. The Balaban J connectivity index is 2.19. The van der Waals surface area contributed by atoms with Crippen molar-refractivity contribution >= 4 is 11.6 Å². The Hall–Kier alpha value is -2.28. The summed E-state index contributed by atoms with van der Waals surface area (Å²) in [7, 11) is 0. The van der Waals surface area contributed by atoms with Crippen LogP contribution >= 0.6 is 0 Å². The average Bonchev–Trinajstić information content (AvgIpc) is 2.95. The number of hydrogen-bond donors (Lipinski definition) is 2. The third kappa shape index (κ3) is 3.67. The maximum absolute atomic E-state index is 14.0. The van der Waals surface area contributed by atoms with E-state index in [1.165, 1.54) is 6.20 Å². The molecule has 0 fully saturated rings. The van der Waals surface area contributed by atoms with Gasteiger partial charge in [0.2, 0.25) is 5.91 Å². The Labute approximate surface area is 126 Å². The third-order valence-electron chi connectivity index (χ3n) is 3.07. The number of carbonyl (C=O) groups is 1. The predicted molar refractivity (Wildman–Crippen MR) is 77.9 cm³/mol. The predicted octanol–water partition coefficient (Wildman–Crippen LogP) is 2.93. The molecule has 5 nitrogen and oxygen atoms in total. The second-order valence-corrected chi connectivity index (χ2v) is 5.40. The number of aromatic nitrogens is 1. The van der Waals surface area contributed by atoms with Crippen LogP contribution in [0.4, 0.5) is 14.5 Å². The van der Waals surface area contributed by atoms with Crippen LogP contribution in [-0.4, -0.2) is 16.9 Å². The first-order chi connectivity index (χ1) is 10.4. The van der Waals surface area contributed by atoms with Crippen LogP contribution in [0.5, 0.6) is 0 Å². The highest BCUT2D eigenvalue weighted by atomic mass is 19.1. The van der Waals surface area contributed by atoms with E-state index in [0.29, 0.717) is 6.42 Å². The first-order valence-corrected chi connectivity index (χ1v) is 6.82. The molecule has 3 N–H and O–H groups in total. The van der Waals surface area contributed by atoms with Crippen molar-refractivity contribution in [3.8, 4) is 11.3 Å². The SMILES string of the molecule is CC(C)C[C@@H](N)C(=O)Nc1cc(F)c(-c2cnco2)cc1F. The normalized spacial score (nSPS) is 12.5. The van der Waals surface area contributed by atoms with Crippen molar-refractivity contribution in [2.24, 2.45) is 11.7 Å². The lowest BCUT2D eigenvalue weighted by Gasteiger charge is -2.15. The number of carbonyl (C=O) groups excluding carboxylic acids is 1. The van der Waals surface area contributed by atoms with Crippen molar-refractivity contribution < 1.29 is 18.0 Å². The molecule has 0 aliphatic carbocycles. The maximum atomic E-state index is 14.0. The van der Waals surface area contributed by atoms with Gasteiger partial charge in [-0.1, -0.05) is 13.8 Å². The summed E-state index contributed by atoms with van der Waals surface area (Å²) in [6.07, 6.45) is 2.84. The molecule has 0 radical (unpaired) electrons. The second kappa shape index (κ2) is 6.65. The van der Waals surface area contributed by atoms with Gasteiger partial charge in [0.25, 0.3) is 0 Å². The summed E-state index contributed by atoms with van der Waals surface area (Å²) < 4.78 is 33.0. The zero-order chi connectivity index (χ0) is 16.3. The van der Waals surface area contributed by atoms with Gasteiger partial charge in [-0.25, -0.2) is 13.8 Å². The smallest absolute Gasteiger partial charge is 0.241 e. The van der Waals surface area contributed by atoms with E-state index < -0.39 is 23.6 Å². The van der Waals surface area contributed by atoms with Gasteiger partial charge in [-0.2, -0.15) is 0 Å². The molecular weight excluding hydrogens is 292 g/mol. The lowest BCUT2D eigenvalue weighted by Crippen LogP contribution is -2.36. The Morgan fingerprint density at radius 1 is 1.36 bits per heavy atom. The van der Waals surface area contributed by atoms with E-state index in [0.717, 1.165) is 18.5 Å². The first kappa shape index (κ1) is 16.1. The number of amides is 1. The number of hydrogen-bond acceptors (Lipinski definition) is 4. The molecule has 1 aromatic carbocycles. The Kier molecular flexibility index (Phi) is 4.87. The third-order valence-corrected chi connectivity index (χ3v) is 3.07. The van der Waals surface area contributed by atoms with Crippen molar-refractivity contribution in [2.45, 2.75) is 26.3 Å². The van der Waals surface area contributed by atoms with Crippen molar-refractivity contribution in [3.63, 3.8) is 0 Å². The van der Waals surface area contributed by atoms with E-state index in [1.54, 1.807) is 0 Å². The van der Waals surface area contributed by atoms with Gasteiger partial charge in [-0.05, 0) is 18.4 Å². The summed E-state index contributed by atoms with van der Waals surface area (Å²) in [5.74, 6) is -1.75. The minimum atomic E-state index is -0.781. The molecule has 0 unspecified atom stereocenters. The largest absolute Gasteiger partial charge is 0.443 e. The van der Waals surface area contributed by atoms with E-state index >= 15 is 0 Å². The van der Waals surface area contributed by atoms with E-state index in [1.807, 2.05) is 13.8 Å². The van der Waals surface area contributed by atoms with Crippen LogP contribution in [0.2, 0.25) is 0 Å². The molecule has 1 amide bonds.